The van der Waals surface area contributed by atoms with E-state index in [9.17, 15) is 19.7 Å². The molecule has 0 heterocycles. The van der Waals surface area contributed by atoms with E-state index in [2.05, 4.69) is 5.32 Å². The van der Waals surface area contributed by atoms with Crippen molar-refractivity contribution in [1.82, 2.24) is 0 Å². The predicted octanol–water partition coefficient (Wildman–Crippen LogP) is 3.05. The maximum absolute atomic E-state index is 12.0. The fourth-order valence-electron chi connectivity index (χ4n) is 2.72. The molecule has 1 N–H and O–H groups in total. The van der Waals surface area contributed by atoms with Gasteiger partial charge in [0.2, 0.25) is 0 Å². The SMILES string of the molecule is C[C@H](OC(=O)CC1CCCC1)C(=O)Nc1ccccc1[N+](=O)[O-]. The van der Waals surface area contributed by atoms with Crippen LogP contribution >= 0.6 is 0 Å². The molecule has 0 aromatic heterocycles. The van der Waals surface area contributed by atoms with E-state index in [4.69, 9.17) is 4.74 Å². The molecule has 1 atom stereocenters. The maximum Gasteiger partial charge on any atom is 0.306 e. The van der Waals surface area contributed by atoms with E-state index in [0.717, 1.165) is 25.7 Å². The van der Waals surface area contributed by atoms with Gasteiger partial charge in [0.15, 0.2) is 6.10 Å². The van der Waals surface area contributed by atoms with Gasteiger partial charge in [-0.15, -0.1) is 0 Å². The number of nitro groups is 1. The van der Waals surface area contributed by atoms with Crippen molar-refractivity contribution in [2.75, 3.05) is 5.32 Å². The highest BCUT2D eigenvalue weighted by atomic mass is 16.6. The van der Waals surface area contributed by atoms with Crippen LogP contribution in [0.1, 0.15) is 39.0 Å². The zero-order valence-corrected chi connectivity index (χ0v) is 13.0. The van der Waals surface area contributed by atoms with E-state index in [-0.39, 0.29) is 11.4 Å². The number of hydrogen-bond acceptors (Lipinski definition) is 5. The summed E-state index contributed by atoms with van der Waals surface area (Å²) in [6.07, 6.45) is 3.63. The Morgan fingerprint density at radius 3 is 2.65 bits per heavy atom. The molecule has 1 aromatic rings. The predicted molar refractivity (Wildman–Crippen MR) is 83.9 cm³/mol. The molecule has 0 aliphatic heterocycles. The number of nitrogens with one attached hydrogen (secondary N) is 1. The normalized spacial score (nSPS) is 15.9. The van der Waals surface area contributed by atoms with E-state index in [1.165, 1.54) is 25.1 Å². The first kappa shape index (κ1) is 16.9. The number of rotatable bonds is 6. The average molecular weight is 320 g/mol. The van der Waals surface area contributed by atoms with Crippen molar-refractivity contribution in [3.05, 3.63) is 34.4 Å². The summed E-state index contributed by atoms with van der Waals surface area (Å²) in [4.78, 5) is 34.2. The van der Waals surface area contributed by atoms with Gasteiger partial charge >= 0.3 is 5.97 Å². The molecule has 23 heavy (non-hydrogen) atoms. The largest absolute Gasteiger partial charge is 0.453 e. The third-order valence-corrected chi connectivity index (χ3v) is 3.97. The third kappa shape index (κ3) is 4.77. The summed E-state index contributed by atoms with van der Waals surface area (Å²) in [6, 6.07) is 5.83. The van der Waals surface area contributed by atoms with E-state index in [1.807, 2.05) is 0 Å². The van der Waals surface area contributed by atoms with Crippen LogP contribution in [-0.2, 0) is 14.3 Å². The van der Waals surface area contributed by atoms with Gasteiger partial charge in [-0.1, -0.05) is 25.0 Å². The van der Waals surface area contributed by atoms with Gasteiger partial charge in [-0.3, -0.25) is 19.7 Å². The van der Waals surface area contributed by atoms with Crippen molar-refractivity contribution in [3.63, 3.8) is 0 Å². The monoisotopic (exact) mass is 320 g/mol. The second-order valence-electron chi connectivity index (χ2n) is 5.75. The summed E-state index contributed by atoms with van der Waals surface area (Å²) >= 11 is 0. The first-order valence-corrected chi connectivity index (χ1v) is 7.71. The van der Waals surface area contributed by atoms with Crippen LogP contribution in [0, 0.1) is 16.0 Å². The molecule has 7 nitrogen and oxygen atoms in total. The molecule has 7 heteroatoms. The van der Waals surface area contributed by atoms with Crippen molar-refractivity contribution >= 4 is 23.3 Å². The minimum Gasteiger partial charge on any atom is -0.453 e. The lowest BCUT2D eigenvalue weighted by atomic mass is 10.0. The highest BCUT2D eigenvalue weighted by Gasteiger charge is 2.24. The summed E-state index contributed by atoms with van der Waals surface area (Å²) in [6.45, 7) is 1.46. The number of anilines is 1. The van der Waals surface area contributed by atoms with Crippen LogP contribution in [0.15, 0.2) is 24.3 Å². The van der Waals surface area contributed by atoms with E-state index < -0.39 is 22.9 Å². The highest BCUT2D eigenvalue weighted by molar-refractivity contribution is 5.96. The molecular formula is C16H20N2O5. The molecule has 1 aliphatic rings. The van der Waals surface area contributed by atoms with Crippen LogP contribution in [0.5, 0.6) is 0 Å². The van der Waals surface area contributed by atoms with Gasteiger partial charge < -0.3 is 10.1 Å². The van der Waals surface area contributed by atoms with Crippen molar-refractivity contribution in [3.8, 4) is 0 Å². The van der Waals surface area contributed by atoms with Gasteiger partial charge in [0.05, 0.1) is 4.92 Å². The lowest BCUT2D eigenvalue weighted by molar-refractivity contribution is -0.383. The Kier molecular flexibility index (Phi) is 5.67. The van der Waals surface area contributed by atoms with Crippen molar-refractivity contribution in [1.29, 1.82) is 0 Å². The fraction of sp³-hybridized carbons (Fsp3) is 0.500. The summed E-state index contributed by atoms with van der Waals surface area (Å²) in [5.74, 6) is -0.644. The quantitative estimate of drug-likeness (QED) is 0.493. The molecule has 0 bridgehead atoms. The van der Waals surface area contributed by atoms with Crippen LogP contribution in [-0.4, -0.2) is 22.9 Å². The lowest BCUT2D eigenvalue weighted by Crippen LogP contribution is -2.30. The minimum atomic E-state index is -0.997. The number of nitrogens with zero attached hydrogens (tertiary/aromatic N) is 1. The molecule has 1 aromatic carbocycles. The molecule has 0 radical (unpaired) electrons. The van der Waals surface area contributed by atoms with Crippen molar-refractivity contribution in [2.24, 2.45) is 5.92 Å². The second kappa shape index (κ2) is 7.71. The molecule has 1 aliphatic carbocycles. The van der Waals surface area contributed by atoms with Crippen LogP contribution < -0.4 is 5.32 Å². The topological polar surface area (TPSA) is 98.5 Å². The Balaban J connectivity index is 1.89. The zero-order chi connectivity index (χ0) is 16.8. The number of benzene rings is 1. The Labute approximate surface area is 134 Å². The van der Waals surface area contributed by atoms with Crippen molar-refractivity contribution < 1.29 is 19.2 Å². The standard InChI is InChI=1S/C16H20N2O5/c1-11(23-15(19)10-12-6-2-3-7-12)16(20)17-13-8-4-5-9-14(13)18(21)22/h4-5,8-9,11-12H,2-3,6-7,10H2,1H3,(H,17,20)/t11-/m0/s1. The van der Waals surface area contributed by atoms with Gasteiger partial charge in [0, 0.05) is 12.5 Å². The number of carbonyl (C=O) groups excluding carboxylic acids is 2. The minimum absolute atomic E-state index is 0.0844. The first-order chi connectivity index (χ1) is 11.0. The maximum atomic E-state index is 12.0. The van der Waals surface area contributed by atoms with E-state index in [1.54, 1.807) is 6.07 Å². The Bertz CT molecular complexity index is 596. The Morgan fingerprint density at radius 2 is 2.00 bits per heavy atom. The van der Waals surface area contributed by atoms with Crippen LogP contribution in [0.4, 0.5) is 11.4 Å². The molecule has 1 saturated carbocycles. The molecule has 0 saturated heterocycles. The zero-order valence-electron chi connectivity index (χ0n) is 13.0. The summed E-state index contributed by atoms with van der Waals surface area (Å²) < 4.78 is 5.13. The van der Waals surface area contributed by atoms with Crippen LogP contribution in [0.25, 0.3) is 0 Å². The smallest absolute Gasteiger partial charge is 0.306 e. The van der Waals surface area contributed by atoms with Gasteiger partial charge in [-0.25, -0.2) is 0 Å². The number of carbonyl (C=O) groups is 2. The molecular weight excluding hydrogens is 300 g/mol. The van der Waals surface area contributed by atoms with Crippen LogP contribution in [0.3, 0.4) is 0 Å². The van der Waals surface area contributed by atoms with Crippen molar-refractivity contribution in [2.45, 2.75) is 45.1 Å². The molecule has 0 unspecified atom stereocenters. The van der Waals surface area contributed by atoms with E-state index in [0.29, 0.717) is 12.3 Å². The lowest BCUT2D eigenvalue weighted by Gasteiger charge is -2.15. The average Bonchev–Trinajstić information content (AvgIpc) is 3.00. The van der Waals surface area contributed by atoms with Gasteiger partial charge in [-0.05, 0) is 31.7 Å². The summed E-state index contributed by atoms with van der Waals surface area (Å²) in [5.41, 5.74) is -0.119. The number of esters is 1. The van der Waals surface area contributed by atoms with Gasteiger partial charge in [-0.2, -0.15) is 0 Å². The number of ether oxygens (including phenoxy) is 1. The number of hydrogen-bond donors (Lipinski definition) is 1. The molecule has 1 fully saturated rings. The number of nitro benzene ring substituents is 1. The number of amides is 1. The Morgan fingerprint density at radius 1 is 1.35 bits per heavy atom. The summed E-state index contributed by atoms with van der Waals surface area (Å²) in [5, 5.41) is 13.3. The highest BCUT2D eigenvalue weighted by Crippen LogP contribution is 2.28. The first-order valence-electron chi connectivity index (χ1n) is 7.71. The van der Waals surface area contributed by atoms with Crippen LogP contribution in [0.2, 0.25) is 0 Å². The number of para-hydroxylation sites is 2. The van der Waals surface area contributed by atoms with Gasteiger partial charge in [0.25, 0.3) is 11.6 Å². The molecule has 0 spiro atoms. The third-order valence-electron chi connectivity index (χ3n) is 3.97. The summed E-state index contributed by atoms with van der Waals surface area (Å²) in [7, 11) is 0. The molecule has 124 valence electrons. The Hall–Kier alpha value is -2.44. The molecule has 2 rings (SSSR count). The van der Waals surface area contributed by atoms with E-state index >= 15 is 0 Å². The fourth-order valence-corrected chi connectivity index (χ4v) is 2.72. The van der Waals surface area contributed by atoms with Gasteiger partial charge in [0.1, 0.15) is 5.69 Å². The second-order valence-corrected chi connectivity index (χ2v) is 5.75. The molecule has 1 amide bonds.